The number of rotatable bonds is 5. The van der Waals surface area contributed by atoms with E-state index in [2.05, 4.69) is 29.4 Å². The molecule has 1 N–H and O–H groups in total. The summed E-state index contributed by atoms with van der Waals surface area (Å²) in [5, 5.41) is 3.21. The van der Waals surface area contributed by atoms with Crippen molar-refractivity contribution in [3.05, 3.63) is 48.0 Å². The van der Waals surface area contributed by atoms with Gasteiger partial charge in [0, 0.05) is 25.5 Å². The molecule has 0 radical (unpaired) electrons. The molecule has 1 aromatic carbocycles. The molecule has 0 amide bonds. The van der Waals surface area contributed by atoms with Gasteiger partial charge in [-0.05, 0) is 31.7 Å². The fourth-order valence-electron chi connectivity index (χ4n) is 1.70. The lowest BCUT2D eigenvalue weighted by Gasteiger charge is -2.11. The van der Waals surface area contributed by atoms with Crippen LogP contribution in [0.1, 0.15) is 24.4 Å². The fraction of sp³-hybridized carbons (Fsp3) is 0.357. The van der Waals surface area contributed by atoms with Gasteiger partial charge in [0.05, 0.1) is 0 Å². The van der Waals surface area contributed by atoms with Crippen LogP contribution < -0.4 is 10.1 Å². The second kappa shape index (κ2) is 5.69. The molecule has 1 atom stereocenters. The fourth-order valence-corrected chi connectivity index (χ4v) is 1.70. The molecular weight excluding hydrogens is 226 g/mol. The number of imidazole rings is 1. The zero-order chi connectivity index (χ0) is 13.0. The SMILES string of the molecule is CNC(C)c1ccc(OCc2nccn2C)cc1. The molecule has 2 aromatic rings. The molecule has 96 valence electrons. The van der Waals surface area contributed by atoms with Gasteiger partial charge in [-0.1, -0.05) is 12.1 Å². The minimum atomic E-state index is 0.355. The van der Waals surface area contributed by atoms with Crippen molar-refractivity contribution in [1.82, 2.24) is 14.9 Å². The van der Waals surface area contributed by atoms with E-state index in [9.17, 15) is 0 Å². The van der Waals surface area contributed by atoms with E-state index in [4.69, 9.17) is 4.74 Å². The van der Waals surface area contributed by atoms with Crippen molar-refractivity contribution in [3.8, 4) is 5.75 Å². The largest absolute Gasteiger partial charge is 0.486 e. The molecule has 0 spiro atoms. The zero-order valence-corrected chi connectivity index (χ0v) is 11.1. The molecule has 0 aliphatic carbocycles. The van der Waals surface area contributed by atoms with Crippen LogP contribution in [0, 0.1) is 0 Å². The Morgan fingerprint density at radius 1 is 1.33 bits per heavy atom. The summed E-state index contributed by atoms with van der Waals surface area (Å²) >= 11 is 0. The third-order valence-corrected chi connectivity index (χ3v) is 3.10. The molecule has 0 fully saturated rings. The Kier molecular flexibility index (Phi) is 3.99. The second-order valence-electron chi connectivity index (χ2n) is 4.32. The van der Waals surface area contributed by atoms with Crippen molar-refractivity contribution in [3.63, 3.8) is 0 Å². The van der Waals surface area contributed by atoms with Crippen LogP contribution in [0.2, 0.25) is 0 Å². The van der Waals surface area contributed by atoms with E-state index in [1.54, 1.807) is 6.20 Å². The first-order chi connectivity index (χ1) is 8.70. The van der Waals surface area contributed by atoms with Crippen LogP contribution in [-0.2, 0) is 13.7 Å². The summed E-state index contributed by atoms with van der Waals surface area (Å²) in [6.45, 7) is 2.62. The van der Waals surface area contributed by atoms with Crippen LogP contribution in [-0.4, -0.2) is 16.6 Å². The van der Waals surface area contributed by atoms with E-state index in [0.29, 0.717) is 12.6 Å². The molecule has 1 heterocycles. The molecule has 0 saturated heterocycles. The van der Waals surface area contributed by atoms with Gasteiger partial charge in [0.25, 0.3) is 0 Å². The Morgan fingerprint density at radius 3 is 2.61 bits per heavy atom. The zero-order valence-electron chi connectivity index (χ0n) is 11.1. The van der Waals surface area contributed by atoms with Gasteiger partial charge < -0.3 is 14.6 Å². The first-order valence-electron chi connectivity index (χ1n) is 6.07. The molecule has 1 aromatic heterocycles. The lowest BCUT2D eigenvalue weighted by atomic mass is 10.1. The highest BCUT2D eigenvalue weighted by Crippen LogP contribution is 2.17. The Bertz CT molecular complexity index is 490. The molecule has 4 nitrogen and oxygen atoms in total. The summed E-state index contributed by atoms with van der Waals surface area (Å²) < 4.78 is 7.65. The van der Waals surface area contributed by atoms with E-state index < -0.39 is 0 Å². The van der Waals surface area contributed by atoms with E-state index in [1.807, 2.05) is 37.0 Å². The maximum Gasteiger partial charge on any atom is 0.146 e. The van der Waals surface area contributed by atoms with Crippen molar-refractivity contribution in [2.45, 2.75) is 19.6 Å². The highest BCUT2D eigenvalue weighted by atomic mass is 16.5. The predicted octanol–water partition coefficient (Wildman–Crippen LogP) is 2.28. The summed E-state index contributed by atoms with van der Waals surface area (Å²) in [4.78, 5) is 4.22. The number of ether oxygens (including phenoxy) is 1. The first-order valence-corrected chi connectivity index (χ1v) is 6.07. The molecule has 0 bridgehead atoms. The van der Waals surface area contributed by atoms with Crippen LogP contribution in [0.4, 0.5) is 0 Å². The van der Waals surface area contributed by atoms with Crippen molar-refractivity contribution in [1.29, 1.82) is 0 Å². The molecule has 4 heteroatoms. The molecule has 1 unspecified atom stereocenters. The number of nitrogens with one attached hydrogen (secondary N) is 1. The predicted molar refractivity (Wildman–Crippen MR) is 71.5 cm³/mol. The molecule has 0 aliphatic heterocycles. The second-order valence-corrected chi connectivity index (χ2v) is 4.32. The van der Waals surface area contributed by atoms with E-state index in [0.717, 1.165) is 11.6 Å². The van der Waals surface area contributed by atoms with Gasteiger partial charge in [0.15, 0.2) is 0 Å². The average Bonchev–Trinajstić information content (AvgIpc) is 2.81. The highest BCUT2D eigenvalue weighted by Gasteiger charge is 2.03. The maximum atomic E-state index is 5.70. The standard InChI is InChI=1S/C14H19N3O/c1-11(15-2)12-4-6-13(7-5-12)18-10-14-16-8-9-17(14)3/h4-9,11,15H,10H2,1-3H3. The van der Waals surface area contributed by atoms with Crippen molar-refractivity contribution in [2.75, 3.05) is 7.05 Å². The molecule has 2 rings (SSSR count). The topological polar surface area (TPSA) is 39.1 Å². The molecule has 18 heavy (non-hydrogen) atoms. The minimum Gasteiger partial charge on any atom is -0.486 e. The van der Waals surface area contributed by atoms with Gasteiger partial charge in [0.1, 0.15) is 18.2 Å². The number of benzene rings is 1. The molecular formula is C14H19N3O. The van der Waals surface area contributed by atoms with E-state index in [1.165, 1.54) is 5.56 Å². The van der Waals surface area contributed by atoms with Crippen LogP contribution in [0.15, 0.2) is 36.7 Å². The highest BCUT2D eigenvalue weighted by molar-refractivity contribution is 5.28. The van der Waals surface area contributed by atoms with E-state index in [-0.39, 0.29) is 0 Å². The van der Waals surface area contributed by atoms with Gasteiger partial charge in [-0.25, -0.2) is 4.98 Å². The minimum absolute atomic E-state index is 0.355. The quantitative estimate of drug-likeness (QED) is 0.878. The Hall–Kier alpha value is -1.81. The summed E-state index contributed by atoms with van der Waals surface area (Å²) in [5.74, 6) is 1.78. The van der Waals surface area contributed by atoms with Gasteiger partial charge in [-0.15, -0.1) is 0 Å². The maximum absolute atomic E-state index is 5.70. The smallest absolute Gasteiger partial charge is 0.146 e. The van der Waals surface area contributed by atoms with Crippen molar-refractivity contribution >= 4 is 0 Å². The van der Waals surface area contributed by atoms with Crippen LogP contribution in [0.5, 0.6) is 5.75 Å². The Morgan fingerprint density at radius 2 is 2.06 bits per heavy atom. The number of hydrogen-bond acceptors (Lipinski definition) is 3. The Labute approximate surface area is 108 Å². The van der Waals surface area contributed by atoms with Crippen LogP contribution >= 0.6 is 0 Å². The summed E-state index contributed by atoms with van der Waals surface area (Å²) in [7, 11) is 3.92. The van der Waals surface area contributed by atoms with Crippen molar-refractivity contribution < 1.29 is 4.74 Å². The van der Waals surface area contributed by atoms with Gasteiger partial charge in [0.2, 0.25) is 0 Å². The van der Waals surface area contributed by atoms with Gasteiger partial charge >= 0.3 is 0 Å². The van der Waals surface area contributed by atoms with E-state index >= 15 is 0 Å². The third-order valence-electron chi connectivity index (χ3n) is 3.10. The lowest BCUT2D eigenvalue weighted by Crippen LogP contribution is -2.12. The third kappa shape index (κ3) is 2.90. The number of hydrogen-bond donors (Lipinski definition) is 1. The number of nitrogens with zero attached hydrogens (tertiary/aromatic N) is 2. The molecule has 0 saturated carbocycles. The van der Waals surface area contributed by atoms with Gasteiger partial charge in [-0.3, -0.25) is 0 Å². The van der Waals surface area contributed by atoms with Crippen LogP contribution in [0.3, 0.4) is 0 Å². The lowest BCUT2D eigenvalue weighted by molar-refractivity contribution is 0.291. The van der Waals surface area contributed by atoms with Gasteiger partial charge in [-0.2, -0.15) is 0 Å². The normalized spacial score (nSPS) is 12.4. The molecule has 0 aliphatic rings. The summed E-state index contributed by atoms with van der Waals surface area (Å²) in [6.07, 6.45) is 3.69. The van der Waals surface area contributed by atoms with Crippen molar-refractivity contribution in [2.24, 2.45) is 7.05 Å². The Balaban J connectivity index is 1.96. The number of aromatic nitrogens is 2. The summed E-state index contributed by atoms with van der Waals surface area (Å²) in [6, 6.07) is 8.50. The average molecular weight is 245 g/mol. The monoisotopic (exact) mass is 245 g/mol. The number of aryl methyl sites for hydroxylation is 1. The summed E-state index contributed by atoms with van der Waals surface area (Å²) in [5.41, 5.74) is 1.25. The first kappa shape index (κ1) is 12.6. The van der Waals surface area contributed by atoms with Crippen LogP contribution in [0.25, 0.3) is 0 Å².